The second kappa shape index (κ2) is 6.53. The van der Waals surface area contributed by atoms with Gasteiger partial charge in [0.25, 0.3) is 11.8 Å². The third kappa shape index (κ3) is 3.03. The maximum atomic E-state index is 12.5. The Hall–Kier alpha value is -2.61. The normalized spacial score (nSPS) is 32.0. The molecule has 3 aliphatic rings. The Morgan fingerprint density at radius 3 is 2.85 bits per heavy atom. The summed E-state index contributed by atoms with van der Waals surface area (Å²) in [6, 6.07) is 3.05. The first-order chi connectivity index (χ1) is 12.9. The number of carbonyl (C=O) groups is 2. The lowest BCUT2D eigenvalue weighted by molar-refractivity contribution is -0.142. The molecule has 2 amide bonds. The van der Waals surface area contributed by atoms with Gasteiger partial charge in [0.05, 0.1) is 0 Å². The van der Waals surface area contributed by atoms with Crippen LogP contribution in [0.1, 0.15) is 42.5 Å². The van der Waals surface area contributed by atoms with E-state index in [4.69, 9.17) is 15.6 Å². The number of pyridine rings is 1. The van der Waals surface area contributed by atoms with Gasteiger partial charge in [-0.25, -0.2) is 4.98 Å². The SMILES string of the molecule is C=C1NC(CCO)C(=O)N1C1CC2(CC(Oc3ncccc3C(N)=O)C2)C1. The fraction of sp³-hybridized carbons (Fsp3) is 0.526. The monoisotopic (exact) mass is 372 g/mol. The Kier molecular flexibility index (Phi) is 4.30. The largest absolute Gasteiger partial charge is 0.474 e. The summed E-state index contributed by atoms with van der Waals surface area (Å²) in [4.78, 5) is 29.8. The van der Waals surface area contributed by atoms with Gasteiger partial charge in [-0.05, 0) is 49.7 Å². The van der Waals surface area contributed by atoms with E-state index >= 15 is 0 Å². The van der Waals surface area contributed by atoms with Gasteiger partial charge < -0.3 is 20.9 Å². The standard InChI is InChI=1S/C19H24N4O4/c1-11-22-15(4-6-24)18(26)23(11)12-7-19(8-12)9-13(10-19)27-17-14(16(20)25)3-2-5-21-17/h2-3,5,12-13,15,22,24H,1,4,6-10H2,(H2,20,25). The van der Waals surface area contributed by atoms with Crippen LogP contribution in [0.4, 0.5) is 0 Å². The minimum Gasteiger partial charge on any atom is -0.474 e. The second-order valence-electron chi connectivity index (χ2n) is 7.79. The number of hydrogen-bond acceptors (Lipinski definition) is 6. The molecule has 144 valence electrons. The molecule has 3 fully saturated rings. The summed E-state index contributed by atoms with van der Waals surface area (Å²) in [7, 11) is 0. The number of hydrogen-bond donors (Lipinski definition) is 3. The molecule has 4 N–H and O–H groups in total. The predicted molar refractivity (Wildman–Crippen MR) is 96.5 cm³/mol. The number of aliphatic hydroxyl groups excluding tert-OH is 1. The van der Waals surface area contributed by atoms with Crippen LogP contribution in [0.5, 0.6) is 5.88 Å². The number of rotatable bonds is 6. The first-order valence-electron chi connectivity index (χ1n) is 9.23. The van der Waals surface area contributed by atoms with Crippen molar-refractivity contribution in [2.75, 3.05) is 6.61 Å². The van der Waals surface area contributed by atoms with Crippen LogP contribution in [0.25, 0.3) is 0 Å². The minimum atomic E-state index is -0.549. The first-order valence-corrected chi connectivity index (χ1v) is 9.23. The summed E-state index contributed by atoms with van der Waals surface area (Å²) >= 11 is 0. The van der Waals surface area contributed by atoms with Crippen LogP contribution in [0.15, 0.2) is 30.7 Å². The zero-order valence-corrected chi connectivity index (χ0v) is 15.1. The average molecular weight is 372 g/mol. The van der Waals surface area contributed by atoms with Crippen LogP contribution in [0.3, 0.4) is 0 Å². The molecule has 1 atom stereocenters. The van der Waals surface area contributed by atoms with Crippen molar-refractivity contribution in [1.29, 1.82) is 0 Å². The van der Waals surface area contributed by atoms with Crippen molar-refractivity contribution in [2.45, 2.75) is 50.3 Å². The molecule has 8 nitrogen and oxygen atoms in total. The highest BCUT2D eigenvalue weighted by Gasteiger charge is 2.57. The van der Waals surface area contributed by atoms with Crippen LogP contribution in [-0.2, 0) is 4.79 Å². The Morgan fingerprint density at radius 2 is 2.19 bits per heavy atom. The van der Waals surface area contributed by atoms with Gasteiger partial charge >= 0.3 is 0 Å². The van der Waals surface area contributed by atoms with E-state index < -0.39 is 5.91 Å². The molecule has 2 heterocycles. The molecule has 1 saturated heterocycles. The van der Waals surface area contributed by atoms with Crippen LogP contribution in [0.2, 0.25) is 0 Å². The van der Waals surface area contributed by atoms with Crippen molar-refractivity contribution in [3.05, 3.63) is 36.3 Å². The van der Waals surface area contributed by atoms with E-state index in [2.05, 4.69) is 16.9 Å². The number of aliphatic hydroxyl groups is 1. The Balaban J connectivity index is 1.31. The van der Waals surface area contributed by atoms with E-state index in [0.717, 1.165) is 25.7 Å². The van der Waals surface area contributed by atoms with Gasteiger partial charge in [0.1, 0.15) is 23.5 Å². The third-order valence-electron chi connectivity index (χ3n) is 5.92. The zero-order chi connectivity index (χ0) is 19.2. The molecule has 1 aromatic heterocycles. The van der Waals surface area contributed by atoms with Crippen molar-refractivity contribution in [2.24, 2.45) is 11.1 Å². The lowest BCUT2D eigenvalue weighted by Gasteiger charge is -2.58. The van der Waals surface area contributed by atoms with Crippen LogP contribution < -0.4 is 15.8 Å². The number of nitrogens with one attached hydrogen (secondary N) is 1. The maximum absolute atomic E-state index is 12.5. The van der Waals surface area contributed by atoms with E-state index in [-0.39, 0.29) is 36.1 Å². The van der Waals surface area contributed by atoms with Gasteiger partial charge in [-0.15, -0.1) is 0 Å². The van der Waals surface area contributed by atoms with Crippen molar-refractivity contribution in [3.8, 4) is 5.88 Å². The van der Waals surface area contributed by atoms with E-state index in [9.17, 15) is 9.59 Å². The molecule has 2 saturated carbocycles. The molecule has 0 bridgehead atoms. The quantitative estimate of drug-likeness (QED) is 0.670. The second-order valence-corrected chi connectivity index (χ2v) is 7.79. The first kappa shape index (κ1) is 17.8. The lowest BCUT2D eigenvalue weighted by Crippen LogP contribution is -2.59. The number of amides is 2. The molecule has 27 heavy (non-hydrogen) atoms. The van der Waals surface area contributed by atoms with Crippen molar-refractivity contribution >= 4 is 11.8 Å². The molecule has 1 unspecified atom stereocenters. The molecule has 8 heteroatoms. The van der Waals surface area contributed by atoms with Crippen LogP contribution >= 0.6 is 0 Å². The van der Waals surface area contributed by atoms with E-state index in [1.165, 1.54) is 0 Å². The highest BCUT2D eigenvalue weighted by atomic mass is 16.5. The number of nitrogens with two attached hydrogens (primary N) is 1. The molecule has 0 aromatic carbocycles. The van der Waals surface area contributed by atoms with Crippen molar-refractivity contribution < 1.29 is 19.4 Å². The summed E-state index contributed by atoms with van der Waals surface area (Å²) in [5.74, 6) is 0.373. The number of carbonyl (C=O) groups excluding carboxylic acids is 2. The van der Waals surface area contributed by atoms with Gasteiger partial charge in [0.15, 0.2) is 0 Å². The van der Waals surface area contributed by atoms with Gasteiger partial charge in [-0.1, -0.05) is 6.58 Å². The van der Waals surface area contributed by atoms with E-state index in [1.54, 1.807) is 23.2 Å². The smallest absolute Gasteiger partial charge is 0.254 e. The zero-order valence-electron chi connectivity index (χ0n) is 15.1. The van der Waals surface area contributed by atoms with Crippen molar-refractivity contribution in [3.63, 3.8) is 0 Å². The Bertz CT molecular complexity index is 782. The van der Waals surface area contributed by atoms with Crippen LogP contribution in [0, 0.1) is 5.41 Å². The molecule has 1 spiro atoms. The lowest BCUT2D eigenvalue weighted by atomic mass is 9.52. The molecule has 1 aliphatic heterocycles. The molecule has 0 radical (unpaired) electrons. The number of primary amides is 1. The maximum Gasteiger partial charge on any atom is 0.254 e. The van der Waals surface area contributed by atoms with Gasteiger partial charge in [-0.3, -0.25) is 14.5 Å². The fourth-order valence-corrected chi connectivity index (χ4v) is 4.63. The van der Waals surface area contributed by atoms with Gasteiger partial charge in [0.2, 0.25) is 5.88 Å². The van der Waals surface area contributed by atoms with Gasteiger partial charge in [0, 0.05) is 18.8 Å². The average Bonchev–Trinajstić information content (AvgIpc) is 2.83. The molecular formula is C19H24N4O4. The molecule has 1 aromatic rings. The summed E-state index contributed by atoms with van der Waals surface area (Å²) in [6.45, 7) is 3.92. The fourth-order valence-electron chi connectivity index (χ4n) is 4.63. The van der Waals surface area contributed by atoms with E-state index in [1.807, 2.05) is 0 Å². The Labute approximate surface area is 157 Å². The third-order valence-corrected chi connectivity index (χ3v) is 5.92. The van der Waals surface area contributed by atoms with E-state index in [0.29, 0.717) is 23.7 Å². The number of ether oxygens (including phenoxy) is 1. The Morgan fingerprint density at radius 1 is 1.44 bits per heavy atom. The molecule has 4 rings (SSSR count). The van der Waals surface area contributed by atoms with Crippen LogP contribution in [-0.4, -0.2) is 51.6 Å². The summed E-state index contributed by atoms with van der Waals surface area (Å²) in [5.41, 5.74) is 5.84. The topological polar surface area (TPSA) is 118 Å². The number of nitrogens with zero attached hydrogens (tertiary/aromatic N) is 2. The highest BCUT2D eigenvalue weighted by molar-refractivity contribution is 5.94. The highest BCUT2D eigenvalue weighted by Crippen LogP contribution is 2.58. The molecule has 2 aliphatic carbocycles. The van der Waals surface area contributed by atoms with Crippen molar-refractivity contribution in [1.82, 2.24) is 15.2 Å². The summed E-state index contributed by atoms with van der Waals surface area (Å²) in [5, 5.41) is 12.1. The summed E-state index contributed by atoms with van der Waals surface area (Å²) < 4.78 is 5.88. The number of aromatic nitrogens is 1. The van der Waals surface area contributed by atoms with Gasteiger partial charge in [-0.2, -0.15) is 0 Å². The summed E-state index contributed by atoms with van der Waals surface area (Å²) in [6.07, 6.45) is 5.56. The minimum absolute atomic E-state index is 0.000564. The molecular weight excluding hydrogens is 348 g/mol. The predicted octanol–water partition coefficient (Wildman–Crippen LogP) is 0.524.